The summed E-state index contributed by atoms with van der Waals surface area (Å²) >= 11 is 0. The number of hydrogen-bond acceptors (Lipinski definition) is 16. The van der Waals surface area contributed by atoms with Crippen LogP contribution < -0.4 is 65.2 Å². The molecule has 2 aliphatic rings. The van der Waals surface area contributed by atoms with Crippen LogP contribution in [0.25, 0.3) is 0 Å². The number of carbonyl (C=O) groups excluding carboxylic acids is 12. The maximum absolute atomic E-state index is 14.1. The minimum absolute atomic E-state index is 0.0893. The van der Waals surface area contributed by atoms with Gasteiger partial charge in [-0.05, 0) is 50.5 Å². The van der Waals surface area contributed by atoms with Gasteiger partial charge in [-0.3, -0.25) is 57.7 Å². The number of hydrogen-bond donors (Lipinski definition) is 13. The second-order valence-electron chi connectivity index (χ2n) is 16.5. The molecule has 1 aromatic carbocycles. The molecule has 0 radical (unpaired) electrons. The van der Waals surface area contributed by atoms with Crippen molar-refractivity contribution in [2.75, 3.05) is 52.4 Å². The number of aliphatic carboxylic acids is 1. The Hall–Kier alpha value is -8.08. The van der Waals surface area contributed by atoms with Crippen LogP contribution in [0.4, 0.5) is 0 Å². The van der Waals surface area contributed by atoms with Crippen molar-refractivity contribution >= 4 is 83.5 Å². The van der Waals surface area contributed by atoms with Gasteiger partial charge in [0.1, 0.15) is 38.1 Å². The monoisotopic (exact) mass is 1010 g/mol. The van der Waals surface area contributed by atoms with Crippen molar-refractivity contribution in [3.63, 3.8) is 0 Å². The highest BCUT2D eigenvalue weighted by Gasteiger charge is 2.40. The topological polar surface area (TPSA) is 447 Å². The number of benzene rings is 1. The Morgan fingerprint density at radius 2 is 1.28 bits per heavy atom. The van der Waals surface area contributed by atoms with Gasteiger partial charge in [-0.2, -0.15) is 0 Å². The Morgan fingerprint density at radius 1 is 0.694 bits per heavy atom. The average Bonchev–Trinajstić information content (AvgIpc) is 4.04. The summed E-state index contributed by atoms with van der Waals surface area (Å²) in [6.07, 6.45) is 0.0693. The van der Waals surface area contributed by atoms with E-state index in [-0.39, 0.29) is 51.0 Å². The zero-order chi connectivity index (χ0) is 54.0. The molecule has 16 N–H and O–H groups in total. The Bertz CT molecular complexity index is 2220. The second-order valence-corrected chi connectivity index (χ2v) is 16.5. The van der Waals surface area contributed by atoms with Crippen molar-refractivity contribution in [1.82, 2.24) is 57.9 Å². The molecular formula is C43H63N15O14. The van der Waals surface area contributed by atoms with E-state index in [0.29, 0.717) is 25.8 Å². The van der Waals surface area contributed by atoms with Gasteiger partial charge in [-0.1, -0.05) is 30.3 Å². The molecule has 394 valence electrons. The van der Waals surface area contributed by atoms with Gasteiger partial charge < -0.3 is 79.3 Å². The molecule has 6 atom stereocenters. The second kappa shape index (κ2) is 30.5. The van der Waals surface area contributed by atoms with Crippen LogP contribution in [0.3, 0.4) is 0 Å². The summed E-state index contributed by atoms with van der Waals surface area (Å²) in [5.74, 6) is -9.89. The Morgan fingerprint density at radius 3 is 1.88 bits per heavy atom. The number of carbonyl (C=O) groups is 13. The Kier molecular flexibility index (Phi) is 23.9. The maximum atomic E-state index is 14.1. The first kappa shape index (κ1) is 56.5. The predicted molar refractivity (Wildman–Crippen MR) is 250 cm³/mol. The standard InChI is InChI=1S/C43H63N15O14/c44-32(61)17-29(39(69)51-22-36(65)53-26(23-59)16-38(67)68)54-37(66)21-50-34(63)19-48-33(62)18-49-35(64)20-52-40(70)30-10-5-13-57(30)42(72)28(9-4-12-47-43(45)46)55-41(71)31-11-6-14-58(31)56-27(24-60)15-25-7-2-1-3-8-25/h1-3,7-8,23-24,26-31,56H,4-6,9-22H2,(H2,44,61)(H,48,62)(H,49,64)(H,50,63)(H,51,69)(H,52,70)(H,53,65)(H,54,66)(H,55,71)(H,67,68)(H4,45,46,47)/t26-,27-,28-,29-,30-,31-/m0/s1/i24D. The lowest BCUT2D eigenvalue weighted by Crippen LogP contribution is -2.58. The summed E-state index contributed by atoms with van der Waals surface area (Å²) in [5, 5.41) is 28.5. The van der Waals surface area contributed by atoms with Crippen LogP contribution in [0.5, 0.6) is 0 Å². The summed E-state index contributed by atoms with van der Waals surface area (Å²) in [5.41, 5.74) is 19.9. The van der Waals surface area contributed by atoms with E-state index in [0.717, 1.165) is 5.56 Å². The van der Waals surface area contributed by atoms with Crippen LogP contribution in [-0.2, 0) is 68.7 Å². The first-order valence-electron chi connectivity index (χ1n) is 23.3. The maximum Gasteiger partial charge on any atom is 0.305 e. The van der Waals surface area contributed by atoms with Gasteiger partial charge in [0.05, 0.1) is 57.6 Å². The Labute approximate surface area is 414 Å². The van der Waals surface area contributed by atoms with Crippen molar-refractivity contribution in [1.29, 1.82) is 0 Å². The number of nitrogens with two attached hydrogens (primary N) is 3. The van der Waals surface area contributed by atoms with Gasteiger partial charge in [-0.25, -0.2) is 10.4 Å². The summed E-state index contributed by atoms with van der Waals surface area (Å²) in [6, 6.07) is 2.22. The van der Waals surface area contributed by atoms with Crippen LogP contribution in [-0.4, -0.2) is 187 Å². The number of carboxylic acids is 1. The first-order valence-corrected chi connectivity index (χ1v) is 22.8. The average molecular weight is 1020 g/mol. The van der Waals surface area contributed by atoms with Crippen molar-refractivity contribution in [2.24, 2.45) is 22.2 Å². The lowest BCUT2D eigenvalue weighted by Gasteiger charge is -2.31. The van der Waals surface area contributed by atoms with Gasteiger partial charge in [0, 0.05) is 19.6 Å². The highest BCUT2D eigenvalue weighted by Crippen LogP contribution is 2.21. The number of hydrazine groups is 1. The summed E-state index contributed by atoms with van der Waals surface area (Å²) in [6.45, 7) is -2.76. The number of amides is 10. The Balaban J connectivity index is 1.46. The molecule has 0 saturated carbocycles. The third kappa shape index (κ3) is 21.3. The number of nitrogens with zero attached hydrogens (tertiary/aromatic N) is 3. The number of carboxylic acid groups (broad SMARTS) is 1. The quantitative estimate of drug-likeness (QED) is 0.0142. The minimum Gasteiger partial charge on any atom is -0.481 e. The normalized spacial score (nSPS) is 16.9. The first-order chi connectivity index (χ1) is 34.7. The van der Waals surface area contributed by atoms with Crippen molar-refractivity contribution in [2.45, 2.75) is 94.0 Å². The summed E-state index contributed by atoms with van der Waals surface area (Å²) in [7, 11) is 0. The molecule has 10 amide bonds. The number of rotatable bonds is 31. The van der Waals surface area contributed by atoms with E-state index in [2.05, 4.69) is 53.0 Å². The zero-order valence-corrected chi connectivity index (χ0v) is 39.3. The molecule has 0 bridgehead atoms. The molecule has 0 aliphatic carbocycles. The molecule has 2 saturated heterocycles. The lowest BCUT2D eigenvalue weighted by atomic mass is 10.1. The lowest BCUT2D eigenvalue weighted by molar-refractivity contribution is -0.142. The van der Waals surface area contributed by atoms with Crippen LogP contribution in [0, 0.1) is 0 Å². The van der Waals surface area contributed by atoms with Crippen molar-refractivity contribution in [3.8, 4) is 0 Å². The van der Waals surface area contributed by atoms with Crippen molar-refractivity contribution < 1.29 is 68.8 Å². The predicted octanol–water partition coefficient (Wildman–Crippen LogP) is -7.61. The molecule has 29 heteroatoms. The van der Waals surface area contributed by atoms with Crippen LogP contribution in [0.1, 0.15) is 58.3 Å². The number of primary amides is 1. The number of aliphatic imine (C=N–C) groups is 1. The number of likely N-dealkylation sites (tertiary alicyclic amines) is 1. The largest absolute Gasteiger partial charge is 0.481 e. The van der Waals surface area contributed by atoms with Crippen LogP contribution in [0.15, 0.2) is 35.3 Å². The SMILES string of the molecule is [2H]C(=O)[C@H](Cc1ccccc1)NN1CCC[C@H]1C(=O)N[C@@H](CCCN=C(N)N)C(=O)N1CCC[C@H]1C(=O)NCC(=O)NCC(=O)NCC(=O)NCC(=O)N[C@@H](CC(N)=O)C(=O)NCC(=O)N[C@H](C=O)CC(=O)O. The summed E-state index contributed by atoms with van der Waals surface area (Å²) < 4.78 is 7.84. The molecule has 3 rings (SSSR count). The van der Waals surface area contributed by atoms with E-state index in [1.807, 2.05) is 30.3 Å². The minimum atomic E-state index is -1.61. The van der Waals surface area contributed by atoms with Crippen LogP contribution >= 0.6 is 0 Å². The van der Waals surface area contributed by atoms with E-state index < -0.39 is 153 Å². The molecule has 0 unspecified atom stereocenters. The molecular weight excluding hydrogens is 951 g/mol. The van der Waals surface area contributed by atoms with Gasteiger partial charge in [0.25, 0.3) is 0 Å². The van der Waals surface area contributed by atoms with Crippen molar-refractivity contribution in [3.05, 3.63) is 35.9 Å². The number of guanidine groups is 1. The molecule has 0 spiro atoms. The molecule has 72 heavy (non-hydrogen) atoms. The smallest absolute Gasteiger partial charge is 0.305 e. The fourth-order valence-electron chi connectivity index (χ4n) is 7.42. The molecule has 1 aromatic rings. The molecule has 2 aliphatic heterocycles. The van der Waals surface area contributed by atoms with E-state index in [1.54, 1.807) is 5.01 Å². The fourth-order valence-corrected chi connectivity index (χ4v) is 7.42. The third-order valence-electron chi connectivity index (χ3n) is 10.8. The zero-order valence-electron chi connectivity index (χ0n) is 40.3. The molecule has 2 heterocycles. The van der Waals surface area contributed by atoms with E-state index in [9.17, 15) is 62.3 Å². The van der Waals surface area contributed by atoms with E-state index in [1.165, 1.54) is 4.90 Å². The van der Waals surface area contributed by atoms with Gasteiger partial charge in [0.15, 0.2) is 5.96 Å². The fraction of sp³-hybridized carbons (Fsp3) is 0.535. The van der Waals surface area contributed by atoms with Gasteiger partial charge >= 0.3 is 5.97 Å². The highest BCUT2D eigenvalue weighted by atomic mass is 16.4. The molecule has 0 aromatic heterocycles. The number of aldehydes is 2. The third-order valence-corrected chi connectivity index (χ3v) is 10.8. The molecule has 2 fully saturated rings. The highest BCUT2D eigenvalue weighted by molar-refractivity contribution is 5.97. The van der Waals surface area contributed by atoms with Gasteiger partial charge in [0.2, 0.25) is 59.1 Å². The molecule has 29 nitrogen and oxygen atoms in total. The summed E-state index contributed by atoms with van der Waals surface area (Å²) in [4.78, 5) is 166. The van der Waals surface area contributed by atoms with E-state index >= 15 is 0 Å². The van der Waals surface area contributed by atoms with E-state index in [4.69, 9.17) is 23.7 Å². The number of nitrogens with one attached hydrogen (secondary N) is 9. The van der Waals surface area contributed by atoms with Gasteiger partial charge in [-0.15, -0.1) is 0 Å². The van der Waals surface area contributed by atoms with Crippen LogP contribution in [0.2, 0.25) is 0 Å².